The molecule has 4 nitrogen and oxygen atoms in total. The molecule has 4 heteroatoms. The Kier molecular flexibility index (Phi) is 2.87. The van der Waals surface area contributed by atoms with Crippen molar-refractivity contribution in [3.63, 3.8) is 0 Å². The average molecular weight is 206 g/mol. The second kappa shape index (κ2) is 4.31. The monoisotopic (exact) mass is 206 g/mol. The minimum Gasteiger partial charge on any atom is -0.497 e. The summed E-state index contributed by atoms with van der Waals surface area (Å²) < 4.78 is 10.4. The third-order valence-electron chi connectivity index (χ3n) is 2.35. The molecule has 2 rings (SSSR count). The van der Waals surface area contributed by atoms with Gasteiger partial charge in [-0.3, -0.25) is 4.99 Å². The Hall–Kier alpha value is -1.55. The molecule has 1 atom stereocenters. The van der Waals surface area contributed by atoms with Crippen molar-refractivity contribution in [3.8, 4) is 5.75 Å². The van der Waals surface area contributed by atoms with Gasteiger partial charge >= 0.3 is 0 Å². The zero-order chi connectivity index (χ0) is 10.7. The number of amidine groups is 1. The van der Waals surface area contributed by atoms with Crippen LogP contribution in [0.5, 0.6) is 5.75 Å². The number of rotatable bonds is 2. The van der Waals surface area contributed by atoms with Gasteiger partial charge in [-0.05, 0) is 17.7 Å². The van der Waals surface area contributed by atoms with Gasteiger partial charge in [-0.1, -0.05) is 12.1 Å². The first-order valence-corrected chi connectivity index (χ1v) is 4.83. The second-order valence-corrected chi connectivity index (χ2v) is 3.42. The average Bonchev–Trinajstić information content (AvgIpc) is 2.29. The predicted octanol–water partition coefficient (Wildman–Crippen LogP) is 1.12. The summed E-state index contributed by atoms with van der Waals surface area (Å²) in [6.45, 7) is 1.03. The maximum atomic E-state index is 5.62. The lowest BCUT2D eigenvalue weighted by molar-refractivity contribution is 0.143. The van der Waals surface area contributed by atoms with Crippen LogP contribution in [0.25, 0.3) is 0 Å². The van der Waals surface area contributed by atoms with Crippen LogP contribution < -0.4 is 10.5 Å². The van der Waals surface area contributed by atoms with Crippen LogP contribution in [0.15, 0.2) is 29.3 Å². The van der Waals surface area contributed by atoms with Crippen molar-refractivity contribution in [2.24, 2.45) is 10.7 Å². The number of ether oxygens (including phenoxy) is 2. The van der Waals surface area contributed by atoms with Crippen LogP contribution in [0.3, 0.4) is 0 Å². The van der Waals surface area contributed by atoms with Gasteiger partial charge in [0.05, 0.1) is 13.7 Å². The smallest absolute Gasteiger partial charge is 0.121 e. The van der Waals surface area contributed by atoms with Gasteiger partial charge in [0, 0.05) is 0 Å². The molecule has 0 saturated carbocycles. The van der Waals surface area contributed by atoms with Gasteiger partial charge < -0.3 is 15.2 Å². The summed E-state index contributed by atoms with van der Waals surface area (Å²) in [5.74, 6) is 1.40. The molecule has 0 fully saturated rings. The van der Waals surface area contributed by atoms with Crippen LogP contribution >= 0.6 is 0 Å². The molecular formula is C11H14N2O2. The minimum atomic E-state index is 0.0182. The molecule has 15 heavy (non-hydrogen) atoms. The van der Waals surface area contributed by atoms with Crippen LogP contribution in [0.4, 0.5) is 0 Å². The summed E-state index contributed by atoms with van der Waals surface area (Å²) in [7, 11) is 1.65. The van der Waals surface area contributed by atoms with E-state index in [-0.39, 0.29) is 6.04 Å². The van der Waals surface area contributed by atoms with E-state index in [1.165, 1.54) is 0 Å². The first-order chi connectivity index (χ1) is 7.29. The van der Waals surface area contributed by atoms with Crippen LogP contribution in [0, 0.1) is 0 Å². The second-order valence-electron chi connectivity index (χ2n) is 3.42. The third kappa shape index (κ3) is 2.27. The summed E-state index contributed by atoms with van der Waals surface area (Å²) in [4.78, 5) is 4.34. The molecule has 1 heterocycles. The number of hydrogen-bond acceptors (Lipinski definition) is 4. The number of methoxy groups -OCH3 is 1. The normalized spacial score (nSPS) is 20.9. The van der Waals surface area contributed by atoms with Crippen molar-refractivity contribution in [2.45, 2.75) is 6.04 Å². The van der Waals surface area contributed by atoms with Crippen molar-refractivity contribution in [1.29, 1.82) is 0 Å². The van der Waals surface area contributed by atoms with Crippen molar-refractivity contribution in [2.75, 3.05) is 20.3 Å². The zero-order valence-electron chi connectivity index (χ0n) is 8.64. The topological polar surface area (TPSA) is 56.8 Å². The van der Waals surface area contributed by atoms with Crippen LogP contribution in [-0.4, -0.2) is 26.2 Å². The van der Waals surface area contributed by atoms with E-state index in [0.29, 0.717) is 19.0 Å². The molecule has 2 N–H and O–H groups in total. The molecule has 1 unspecified atom stereocenters. The molecule has 0 amide bonds. The maximum absolute atomic E-state index is 5.62. The summed E-state index contributed by atoms with van der Waals surface area (Å²) >= 11 is 0. The SMILES string of the molecule is COc1ccc(C2COCC(N)=N2)cc1. The molecule has 0 radical (unpaired) electrons. The molecule has 0 spiro atoms. The molecular weight excluding hydrogens is 192 g/mol. The van der Waals surface area contributed by atoms with Gasteiger partial charge in [0.15, 0.2) is 0 Å². The lowest BCUT2D eigenvalue weighted by Gasteiger charge is -2.19. The summed E-state index contributed by atoms with van der Waals surface area (Å²) in [5.41, 5.74) is 6.71. The molecule has 0 aromatic heterocycles. The lowest BCUT2D eigenvalue weighted by Crippen LogP contribution is -2.27. The molecule has 0 aliphatic carbocycles. The number of benzene rings is 1. The lowest BCUT2D eigenvalue weighted by atomic mass is 10.1. The van der Waals surface area contributed by atoms with Crippen LogP contribution in [0.2, 0.25) is 0 Å². The Bertz CT molecular complexity index is 359. The quantitative estimate of drug-likeness (QED) is 0.789. The Morgan fingerprint density at radius 2 is 2.13 bits per heavy atom. The van der Waals surface area contributed by atoms with Gasteiger partial charge in [-0.15, -0.1) is 0 Å². The van der Waals surface area contributed by atoms with Gasteiger partial charge in [-0.25, -0.2) is 0 Å². The van der Waals surface area contributed by atoms with Gasteiger partial charge in [0.25, 0.3) is 0 Å². The highest BCUT2D eigenvalue weighted by atomic mass is 16.5. The highest BCUT2D eigenvalue weighted by molar-refractivity contribution is 5.82. The molecule has 80 valence electrons. The minimum absolute atomic E-state index is 0.0182. The third-order valence-corrected chi connectivity index (χ3v) is 2.35. The standard InChI is InChI=1S/C11H14N2O2/c1-14-9-4-2-8(3-5-9)10-6-15-7-11(12)13-10/h2-5,10H,6-7H2,1H3,(H2,12,13). The van der Waals surface area contributed by atoms with Crippen molar-refractivity contribution in [3.05, 3.63) is 29.8 Å². The van der Waals surface area contributed by atoms with E-state index in [1.54, 1.807) is 7.11 Å². The molecule has 1 aromatic carbocycles. The Morgan fingerprint density at radius 3 is 2.73 bits per heavy atom. The fourth-order valence-corrected chi connectivity index (χ4v) is 1.55. The number of nitrogens with zero attached hydrogens (tertiary/aromatic N) is 1. The van der Waals surface area contributed by atoms with Crippen LogP contribution in [0.1, 0.15) is 11.6 Å². The van der Waals surface area contributed by atoms with E-state index in [4.69, 9.17) is 15.2 Å². The fraction of sp³-hybridized carbons (Fsp3) is 0.364. The Morgan fingerprint density at radius 1 is 1.40 bits per heavy atom. The van der Waals surface area contributed by atoms with E-state index >= 15 is 0 Å². The van der Waals surface area contributed by atoms with Crippen molar-refractivity contribution in [1.82, 2.24) is 0 Å². The summed E-state index contributed by atoms with van der Waals surface area (Å²) in [6, 6.07) is 7.81. The number of aliphatic imine (C=N–C) groups is 1. The first kappa shape index (κ1) is 9.98. The van der Waals surface area contributed by atoms with Gasteiger partial charge in [0.1, 0.15) is 24.2 Å². The molecule has 0 saturated heterocycles. The van der Waals surface area contributed by atoms with E-state index in [2.05, 4.69) is 4.99 Å². The van der Waals surface area contributed by atoms with Gasteiger partial charge in [0.2, 0.25) is 0 Å². The molecule has 1 aromatic rings. The predicted molar refractivity (Wildman–Crippen MR) is 58.2 cm³/mol. The molecule has 1 aliphatic heterocycles. The highest BCUT2D eigenvalue weighted by Gasteiger charge is 2.15. The van der Waals surface area contributed by atoms with Crippen molar-refractivity contribution < 1.29 is 9.47 Å². The highest BCUT2D eigenvalue weighted by Crippen LogP contribution is 2.22. The summed E-state index contributed by atoms with van der Waals surface area (Å²) in [5, 5.41) is 0. The number of hydrogen-bond donors (Lipinski definition) is 1. The van der Waals surface area contributed by atoms with Gasteiger partial charge in [-0.2, -0.15) is 0 Å². The molecule has 1 aliphatic rings. The largest absolute Gasteiger partial charge is 0.497 e. The Labute approximate surface area is 88.7 Å². The van der Waals surface area contributed by atoms with E-state index < -0.39 is 0 Å². The van der Waals surface area contributed by atoms with E-state index in [1.807, 2.05) is 24.3 Å². The van der Waals surface area contributed by atoms with Crippen LogP contribution in [-0.2, 0) is 4.74 Å². The van der Waals surface area contributed by atoms with Crippen molar-refractivity contribution >= 4 is 5.84 Å². The molecule has 0 bridgehead atoms. The Balaban J connectivity index is 2.18. The zero-order valence-corrected chi connectivity index (χ0v) is 8.64. The van der Waals surface area contributed by atoms with E-state index in [9.17, 15) is 0 Å². The fourth-order valence-electron chi connectivity index (χ4n) is 1.55. The summed E-state index contributed by atoms with van der Waals surface area (Å²) in [6.07, 6.45) is 0. The maximum Gasteiger partial charge on any atom is 0.121 e. The number of nitrogens with two attached hydrogens (primary N) is 1. The first-order valence-electron chi connectivity index (χ1n) is 4.83. The van der Waals surface area contributed by atoms with E-state index in [0.717, 1.165) is 11.3 Å².